The molecule has 0 saturated carbocycles. The van der Waals surface area contributed by atoms with Crippen LogP contribution in [0.15, 0.2) is 18.2 Å². The lowest BCUT2D eigenvalue weighted by Crippen LogP contribution is -2.15. The molecule has 21 heavy (non-hydrogen) atoms. The van der Waals surface area contributed by atoms with Crippen LogP contribution in [-0.2, 0) is 17.6 Å². The summed E-state index contributed by atoms with van der Waals surface area (Å²) in [6.45, 7) is 9.86. The van der Waals surface area contributed by atoms with Crippen LogP contribution in [0, 0.1) is 17.2 Å². The van der Waals surface area contributed by atoms with Crippen molar-refractivity contribution in [1.82, 2.24) is 0 Å². The van der Waals surface area contributed by atoms with E-state index in [1.54, 1.807) is 12.1 Å². The van der Waals surface area contributed by atoms with E-state index in [9.17, 15) is 4.39 Å². The Bertz CT molecular complexity index is 455. The maximum absolute atomic E-state index is 13.6. The fraction of sp³-hybridized carbons (Fsp3) is 0.684. The van der Waals surface area contributed by atoms with E-state index in [-0.39, 0.29) is 11.2 Å². The Morgan fingerprint density at radius 3 is 2.67 bits per heavy atom. The second kappa shape index (κ2) is 6.91. The van der Waals surface area contributed by atoms with Crippen molar-refractivity contribution in [3.63, 3.8) is 0 Å². The van der Waals surface area contributed by atoms with Crippen LogP contribution in [0.25, 0.3) is 0 Å². The lowest BCUT2D eigenvalue weighted by atomic mass is 9.84. The van der Waals surface area contributed by atoms with Crippen molar-refractivity contribution in [2.75, 3.05) is 6.61 Å². The fourth-order valence-corrected chi connectivity index (χ4v) is 3.27. The molecule has 0 bridgehead atoms. The molecule has 1 fully saturated rings. The third-order valence-electron chi connectivity index (χ3n) is 4.15. The molecule has 0 aliphatic carbocycles. The van der Waals surface area contributed by atoms with Crippen molar-refractivity contribution in [3.05, 3.63) is 35.1 Å². The molecular formula is C19H29FO. The molecule has 0 radical (unpaired) electrons. The van der Waals surface area contributed by atoms with Gasteiger partial charge >= 0.3 is 0 Å². The molecule has 2 rings (SSSR count). The minimum atomic E-state index is -0.119. The molecule has 1 heterocycles. The average molecular weight is 292 g/mol. The summed E-state index contributed by atoms with van der Waals surface area (Å²) in [5.74, 6) is 0.417. The van der Waals surface area contributed by atoms with Crippen molar-refractivity contribution in [3.8, 4) is 0 Å². The van der Waals surface area contributed by atoms with E-state index in [4.69, 9.17) is 4.74 Å². The summed E-state index contributed by atoms with van der Waals surface area (Å²) in [4.78, 5) is 0. The van der Waals surface area contributed by atoms with Crippen molar-refractivity contribution in [2.45, 2.75) is 65.9 Å². The van der Waals surface area contributed by atoms with Crippen LogP contribution < -0.4 is 0 Å². The summed E-state index contributed by atoms with van der Waals surface area (Å²) in [6, 6.07) is 5.29. The Morgan fingerprint density at radius 1 is 1.29 bits per heavy atom. The molecule has 1 nitrogen and oxygen atoms in total. The summed E-state index contributed by atoms with van der Waals surface area (Å²) in [7, 11) is 0. The molecule has 1 aromatic carbocycles. The van der Waals surface area contributed by atoms with Gasteiger partial charge in [-0.15, -0.1) is 0 Å². The molecule has 118 valence electrons. The summed E-state index contributed by atoms with van der Waals surface area (Å²) < 4.78 is 19.3. The molecule has 0 aromatic heterocycles. The Kier molecular flexibility index (Phi) is 5.43. The molecule has 2 unspecified atom stereocenters. The Hall–Kier alpha value is -0.890. The smallest absolute Gasteiger partial charge is 0.123 e. The van der Waals surface area contributed by atoms with Crippen LogP contribution in [0.1, 0.15) is 58.1 Å². The highest BCUT2D eigenvalue weighted by atomic mass is 19.1. The lowest BCUT2D eigenvalue weighted by molar-refractivity contribution is 0.0917. The van der Waals surface area contributed by atoms with Gasteiger partial charge < -0.3 is 4.74 Å². The zero-order valence-corrected chi connectivity index (χ0v) is 13.9. The lowest BCUT2D eigenvalue weighted by Gasteiger charge is -2.22. The molecule has 1 saturated heterocycles. The van der Waals surface area contributed by atoms with Gasteiger partial charge in [0.2, 0.25) is 0 Å². The monoisotopic (exact) mass is 292 g/mol. The van der Waals surface area contributed by atoms with E-state index >= 15 is 0 Å². The zero-order valence-electron chi connectivity index (χ0n) is 13.9. The van der Waals surface area contributed by atoms with Crippen LogP contribution in [-0.4, -0.2) is 12.7 Å². The first-order valence-electron chi connectivity index (χ1n) is 8.22. The van der Waals surface area contributed by atoms with Gasteiger partial charge in [0.1, 0.15) is 5.82 Å². The molecule has 0 spiro atoms. The minimum Gasteiger partial charge on any atom is -0.378 e. The standard InChI is InChI=1S/C19H29FO/c1-14(11-18-6-5-9-21-18)10-16-12-17(20)8-7-15(16)13-19(2,3)4/h7-8,12,14,18H,5-6,9-11,13H2,1-4H3. The van der Waals surface area contributed by atoms with Gasteiger partial charge in [-0.2, -0.15) is 0 Å². The second-order valence-corrected chi connectivity index (χ2v) is 7.83. The molecule has 2 atom stereocenters. The summed E-state index contributed by atoms with van der Waals surface area (Å²) in [6.07, 6.45) is 5.82. The van der Waals surface area contributed by atoms with Crippen LogP contribution >= 0.6 is 0 Å². The predicted molar refractivity (Wildman–Crippen MR) is 86.0 cm³/mol. The van der Waals surface area contributed by atoms with Crippen molar-refractivity contribution >= 4 is 0 Å². The summed E-state index contributed by atoms with van der Waals surface area (Å²) in [5.41, 5.74) is 2.70. The maximum atomic E-state index is 13.6. The normalized spacial score (nSPS) is 20.7. The van der Waals surface area contributed by atoms with E-state index in [1.807, 2.05) is 6.07 Å². The van der Waals surface area contributed by atoms with Gasteiger partial charge in [-0.3, -0.25) is 0 Å². The first kappa shape index (κ1) is 16.5. The highest BCUT2D eigenvalue weighted by Crippen LogP contribution is 2.27. The van der Waals surface area contributed by atoms with Crippen molar-refractivity contribution < 1.29 is 9.13 Å². The van der Waals surface area contributed by atoms with Crippen LogP contribution in [0.4, 0.5) is 4.39 Å². The highest BCUT2D eigenvalue weighted by molar-refractivity contribution is 5.29. The van der Waals surface area contributed by atoms with Gasteiger partial charge in [0.15, 0.2) is 0 Å². The minimum absolute atomic E-state index is 0.119. The summed E-state index contributed by atoms with van der Waals surface area (Å²) in [5, 5.41) is 0. The highest BCUT2D eigenvalue weighted by Gasteiger charge is 2.20. The van der Waals surface area contributed by atoms with Gasteiger partial charge in [0, 0.05) is 6.61 Å². The van der Waals surface area contributed by atoms with Gasteiger partial charge in [0.25, 0.3) is 0 Å². The Morgan fingerprint density at radius 2 is 2.05 bits per heavy atom. The fourth-order valence-electron chi connectivity index (χ4n) is 3.27. The number of ether oxygens (including phenoxy) is 1. The first-order chi connectivity index (χ1) is 9.83. The molecule has 2 heteroatoms. The van der Waals surface area contributed by atoms with Gasteiger partial charge in [-0.1, -0.05) is 33.8 Å². The average Bonchev–Trinajstić information content (AvgIpc) is 2.84. The van der Waals surface area contributed by atoms with Crippen molar-refractivity contribution in [2.24, 2.45) is 11.3 Å². The Balaban J connectivity index is 2.04. The molecular weight excluding hydrogens is 263 g/mol. The predicted octanol–water partition coefficient (Wildman–Crippen LogP) is 5.16. The first-order valence-corrected chi connectivity index (χ1v) is 8.22. The number of hydrogen-bond acceptors (Lipinski definition) is 1. The largest absolute Gasteiger partial charge is 0.378 e. The summed E-state index contributed by atoms with van der Waals surface area (Å²) >= 11 is 0. The van der Waals surface area contributed by atoms with Crippen molar-refractivity contribution in [1.29, 1.82) is 0 Å². The van der Waals surface area contributed by atoms with Gasteiger partial charge in [0.05, 0.1) is 6.10 Å². The SMILES string of the molecule is CC(Cc1cc(F)ccc1CC(C)(C)C)CC1CCCO1. The number of benzene rings is 1. The van der Waals surface area contributed by atoms with E-state index in [0.717, 1.165) is 25.9 Å². The number of halogens is 1. The van der Waals surface area contributed by atoms with Crippen LogP contribution in [0.2, 0.25) is 0 Å². The second-order valence-electron chi connectivity index (χ2n) is 7.83. The molecule has 1 aliphatic rings. The van der Waals surface area contributed by atoms with Gasteiger partial charge in [-0.25, -0.2) is 4.39 Å². The van der Waals surface area contributed by atoms with E-state index in [0.29, 0.717) is 12.0 Å². The number of rotatable bonds is 5. The van der Waals surface area contributed by atoms with E-state index in [1.165, 1.54) is 24.0 Å². The Labute approximate surface area is 128 Å². The van der Waals surface area contributed by atoms with Crippen LogP contribution in [0.3, 0.4) is 0 Å². The zero-order chi connectivity index (χ0) is 15.5. The molecule has 0 amide bonds. The topological polar surface area (TPSA) is 9.23 Å². The van der Waals surface area contributed by atoms with Gasteiger partial charge in [-0.05, 0) is 66.7 Å². The quantitative estimate of drug-likeness (QED) is 0.728. The maximum Gasteiger partial charge on any atom is 0.123 e. The third kappa shape index (κ3) is 5.43. The van der Waals surface area contributed by atoms with E-state index in [2.05, 4.69) is 27.7 Å². The molecule has 0 N–H and O–H groups in total. The molecule has 1 aliphatic heterocycles. The van der Waals surface area contributed by atoms with Crippen LogP contribution in [0.5, 0.6) is 0 Å². The molecule has 1 aromatic rings. The number of hydrogen-bond donors (Lipinski definition) is 0. The third-order valence-corrected chi connectivity index (χ3v) is 4.15. The van der Waals surface area contributed by atoms with E-state index < -0.39 is 0 Å².